The molecule has 1 aromatic rings. The van der Waals surface area contributed by atoms with Gasteiger partial charge in [0.05, 0.1) is 5.38 Å². The lowest BCUT2D eigenvalue weighted by Gasteiger charge is -2.05. The van der Waals surface area contributed by atoms with E-state index in [2.05, 4.69) is 0 Å². The van der Waals surface area contributed by atoms with E-state index >= 15 is 0 Å². The van der Waals surface area contributed by atoms with Gasteiger partial charge >= 0.3 is 0 Å². The third-order valence-electron chi connectivity index (χ3n) is 1.83. The van der Waals surface area contributed by atoms with E-state index in [9.17, 15) is 9.18 Å². The van der Waals surface area contributed by atoms with Crippen molar-refractivity contribution in [1.82, 2.24) is 0 Å². The summed E-state index contributed by atoms with van der Waals surface area (Å²) in [6, 6.07) is 4.11. The van der Waals surface area contributed by atoms with Gasteiger partial charge in [0.1, 0.15) is 5.82 Å². The smallest absolute Gasteiger partial charge is 0.180 e. The zero-order valence-corrected chi connectivity index (χ0v) is 8.23. The second-order valence-corrected chi connectivity index (χ2v) is 3.59. The molecular weight excluding hydrogens is 191 g/mol. The summed E-state index contributed by atoms with van der Waals surface area (Å²) in [4.78, 5) is 11.4. The maximum Gasteiger partial charge on any atom is 0.180 e. The Balaban J connectivity index is 3.13. The molecule has 3 heteroatoms. The summed E-state index contributed by atoms with van der Waals surface area (Å²) >= 11 is 5.62. The number of Topliss-reactive ketones (excluding diaryl/α,β-unsaturated/α-hetero) is 1. The van der Waals surface area contributed by atoms with Gasteiger partial charge in [0.15, 0.2) is 5.78 Å². The molecule has 0 amide bonds. The fourth-order valence-corrected chi connectivity index (χ4v) is 1.19. The molecule has 0 bridgehead atoms. The van der Waals surface area contributed by atoms with E-state index in [1.807, 2.05) is 0 Å². The Morgan fingerprint density at radius 3 is 2.69 bits per heavy atom. The number of benzene rings is 1. The molecule has 0 fully saturated rings. The highest BCUT2D eigenvalue weighted by Crippen LogP contribution is 2.14. The molecule has 1 aromatic carbocycles. The Kier molecular flexibility index (Phi) is 3.04. The normalized spacial score (nSPS) is 12.6. The molecule has 1 unspecified atom stereocenters. The van der Waals surface area contributed by atoms with Gasteiger partial charge in [-0.1, -0.05) is 6.07 Å². The van der Waals surface area contributed by atoms with Crippen LogP contribution in [0.5, 0.6) is 0 Å². The minimum absolute atomic E-state index is 0.237. The van der Waals surface area contributed by atoms with Crippen molar-refractivity contribution in [3.05, 3.63) is 35.1 Å². The van der Waals surface area contributed by atoms with Gasteiger partial charge in [0.2, 0.25) is 0 Å². The Bertz CT molecular complexity index is 334. The number of hydrogen-bond donors (Lipinski definition) is 0. The highest BCUT2D eigenvalue weighted by Gasteiger charge is 2.14. The molecule has 0 radical (unpaired) electrons. The number of carbonyl (C=O) groups excluding carboxylic acids is 1. The third kappa shape index (κ3) is 2.28. The van der Waals surface area contributed by atoms with Crippen molar-refractivity contribution in [2.75, 3.05) is 0 Å². The summed E-state index contributed by atoms with van der Waals surface area (Å²) in [5, 5.41) is -0.611. The SMILES string of the molecule is Cc1ccc(F)cc1C(=O)C(C)Cl. The zero-order valence-electron chi connectivity index (χ0n) is 7.47. The molecule has 0 aliphatic heterocycles. The van der Waals surface area contributed by atoms with E-state index in [1.165, 1.54) is 12.1 Å². The molecule has 13 heavy (non-hydrogen) atoms. The Hall–Kier alpha value is -0.890. The minimum Gasteiger partial charge on any atom is -0.293 e. The lowest BCUT2D eigenvalue weighted by atomic mass is 10.0. The summed E-state index contributed by atoms with van der Waals surface area (Å²) in [5.74, 6) is -0.648. The van der Waals surface area contributed by atoms with Crippen molar-refractivity contribution >= 4 is 17.4 Å². The predicted molar refractivity (Wildman–Crippen MR) is 50.8 cm³/mol. The van der Waals surface area contributed by atoms with Crippen molar-refractivity contribution < 1.29 is 9.18 Å². The monoisotopic (exact) mass is 200 g/mol. The highest BCUT2D eigenvalue weighted by molar-refractivity contribution is 6.33. The maximum absolute atomic E-state index is 12.8. The van der Waals surface area contributed by atoms with Gasteiger partial charge in [-0.3, -0.25) is 4.79 Å². The van der Waals surface area contributed by atoms with Crippen LogP contribution in [0.2, 0.25) is 0 Å². The molecule has 0 N–H and O–H groups in total. The summed E-state index contributed by atoms with van der Waals surface area (Å²) in [6.45, 7) is 3.33. The molecule has 0 saturated carbocycles. The number of hydrogen-bond acceptors (Lipinski definition) is 1. The van der Waals surface area contributed by atoms with Crippen molar-refractivity contribution in [2.24, 2.45) is 0 Å². The number of rotatable bonds is 2. The van der Waals surface area contributed by atoms with Crippen LogP contribution in [0.3, 0.4) is 0 Å². The second kappa shape index (κ2) is 3.88. The van der Waals surface area contributed by atoms with Crippen LogP contribution >= 0.6 is 11.6 Å². The van der Waals surface area contributed by atoms with Gasteiger partial charge in [0.25, 0.3) is 0 Å². The van der Waals surface area contributed by atoms with E-state index in [-0.39, 0.29) is 5.78 Å². The van der Waals surface area contributed by atoms with Gasteiger partial charge in [-0.05, 0) is 31.5 Å². The summed E-state index contributed by atoms with van der Waals surface area (Å²) in [7, 11) is 0. The largest absolute Gasteiger partial charge is 0.293 e. The van der Waals surface area contributed by atoms with Crippen molar-refractivity contribution in [3.8, 4) is 0 Å². The van der Waals surface area contributed by atoms with Gasteiger partial charge in [0, 0.05) is 5.56 Å². The van der Waals surface area contributed by atoms with E-state index in [4.69, 9.17) is 11.6 Å². The predicted octanol–water partition coefficient (Wildman–Crippen LogP) is 2.94. The number of alkyl halides is 1. The first-order chi connectivity index (χ1) is 6.02. The molecule has 0 spiro atoms. The fraction of sp³-hybridized carbons (Fsp3) is 0.300. The summed E-state index contributed by atoms with van der Waals surface area (Å²) in [6.07, 6.45) is 0. The molecule has 1 atom stereocenters. The van der Waals surface area contributed by atoms with Gasteiger partial charge in [-0.25, -0.2) is 4.39 Å². The lowest BCUT2D eigenvalue weighted by Crippen LogP contribution is -2.12. The van der Waals surface area contributed by atoms with Crippen LogP contribution in [0.1, 0.15) is 22.8 Å². The molecule has 0 heterocycles. The van der Waals surface area contributed by atoms with E-state index in [0.29, 0.717) is 5.56 Å². The molecule has 0 aliphatic rings. The van der Waals surface area contributed by atoms with Crippen LogP contribution in [-0.2, 0) is 0 Å². The molecule has 1 rings (SSSR count). The fourth-order valence-electron chi connectivity index (χ4n) is 1.07. The van der Waals surface area contributed by atoms with Crippen molar-refractivity contribution in [3.63, 3.8) is 0 Å². The standard InChI is InChI=1S/C10H10ClFO/c1-6-3-4-8(12)5-9(6)10(13)7(2)11/h3-5,7H,1-2H3. The summed E-state index contributed by atoms with van der Waals surface area (Å²) in [5.41, 5.74) is 1.11. The first kappa shape index (κ1) is 10.2. The zero-order chi connectivity index (χ0) is 10.0. The van der Waals surface area contributed by atoms with Gasteiger partial charge in [-0.15, -0.1) is 11.6 Å². The van der Waals surface area contributed by atoms with Crippen LogP contribution in [0.25, 0.3) is 0 Å². The molecular formula is C10H10ClFO. The van der Waals surface area contributed by atoms with E-state index < -0.39 is 11.2 Å². The molecule has 1 nitrogen and oxygen atoms in total. The van der Waals surface area contributed by atoms with E-state index in [1.54, 1.807) is 19.9 Å². The topological polar surface area (TPSA) is 17.1 Å². The summed E-state index contributed by atoms with van der Waals surface area (Å²) < 4.78 is 12.8. The molecule has 0 aromatic heterocycles. The lowest BCUT2D eigenvalue weighted by molar-refractivity contribution is 0.0990. The minimum atomic E-state index is -0.611. The number of halogens is 2. The average Bonchev–Trinajstić information content (AvgIpc) is 2.08. The first-order valence-electron chi connectivity index (χ1n) is 3.97. The van der Waals surface area contributed by atoms with Crippen LogP contribution in [0.15, 0.2) is 18.2 Å². The third-order valence-corrected chi connectivity index (χ3v) is 2.02. The van der Waals surface area contributed by atoms with Crippen molar-refractivity contribution in [1.29, 1.82) is 0 Å². The highest BCUT2D eigenvalue weighted by atomic mass is 35.5. The van der Waals surface area contributed by atoms with Gasteiger partial charge in [-0.2, -0.15) is 0 Å². The quantitative estimate of drug-likeness (QED) is 0.530. The van der Waals surface area contributed by atoms with Crippen molar-refractivity contribution in [2.45, 2.75) is 19.2 Å². The van der Waals surface area contributed by atoms with Crippen LogP contribution in [0.4, 0.5) is 4.39 Å². The number of ketones is 1. The Labute approximate surface area is 81.5 Å². The second-order valence-electron chi connectivity index (χ2n) is 2.94. The molecule has 0 aliphatic carbocycles. The van der Waals surface area contributed by atoms with Crippen LogP contribution in [-0.4, -0.2) is 11.2 Å². The molecule has 70 valence electrons. The number of carbonyl (C=O) groups is 1. The average molecular weight is 201 g/mol. The van der Waals surface area contributed by atoms with Gasteiger partial charge < -0.3 is 0 Å². The number of aryl methyl sites for hydroxylation is 1. The Morgan fingerprint density at radius 1 is 1.54 bits per heavy atom. The maximum atomic E-state index is 12.8. The Morgan fingerprint density at radius 2 is 2.15 bits per heavy atom. The molecule has 0 saturated heterocycles. The van der Waals surface area contributed by atoms with E-state index in [0.717, 1.165) is 5.56 Å². The van der Waals surface area contributed by atoms with Crippen LogP contribution in [0, 0.1) is 12.7 Å². The van der Waals surface area contributed by atoms with Crippen LogP contribution < -0.4 is 0 Å². The first-order valence-corrected chi connectivity index (χ1v) is 4.40.